The van der Waals surface area contributed by atoms with E-state index in [4.69, 9.17) is 4.18 Å². The predicted octanol–water partition coefficient (Wildman–Crippen LogP) is 1.97. The van der Waals surface area contributed by atoms with E-state index in [0.29, 0.717) is 6.07 Å². The summed E-state index contributed by atoms with van der Waals surface area (Å²) in [4.78, 5) is 18.6. The summed E-state index contributed by atoms with van der Waals surface area (Å²) in [5, 5.41) is 21.7. The number of nitro groups is 2. The zero-order chi connectivity index (χ0) is 20.9. The van der Waals surface area contributed by atoms with E-state index in [9.17, 15) is 41.6 Å². The van der Waals surface area contributed by atoms with Crippen molar-refractivity contribution in [2.24, 2.45) is 0 Å². The summed E-state index contributed by atoms with van der Waals surface area (Å²) in [6, 6.07) is 5.43. The number of non-ortho nitro benzene ring substituents is 2. The minimum Gasteiger partial charge on any atom is -0.378 e. The first-order valence-corrected chi connectivity index (χ1v) is 9.96. The third-order valence-electron chi connectivity index (χ3n) is 3.68. The van der Waals surface area contributed by atoms with Crippen molar-refractivity contribution >= 4 is 43.4 Å². The number of rotatable bonds is 4. The van der Waals surface area contributed by atoms with Gasteiger partial charge in [0.25, 0.3) is 21.5 Å². The standard InChI is InChI=1S/C14H8N2O10S2/c17-15(18)9-2-1-8(13(6-9)27(21,22)23)5-12-11-4-3-10(16(19)20)7-14(11)28(24,25)26-12/h1-7H,(H,21,22,23)/b12-5-. The molecule has 0 fully saturated rings. The molecule has 1 heterocycles. The fourth-order valence-electron chi connectivity index (χ4n) is 2.47. The van der Waals surface area contributed by atoms with Crippen LogP contribution in [0.1, 0.15) is 11.1 Å². The van der Waals surface area contributed by atoms with Crippen molar-refractivity contribution in [3.63, 3.8) is 0 Å². The molecule has 0 amide bonds. The number of nitrogens with zero attached hydrogens (tertiary/aromatic N) is 2. The van der Waals surface area contributed by atoms with E-state index in [1.54, 1.807) is 0 Å². The molecule has 12 nitrogen and oxygen atoms in total. The molecule has 14 heteroatoms. The molecule has 0 unspecified atom stereocenters. The Bertz CT molecular complexity index is 1280. The molecule has 0 aromatic heterocycles. The number of hydrogen-bond acceptors (Lipinski definition) is 9. The Labute approximate surface area is 156 Å². The number of fused-ring (bicyclic) bond motifs is 1. The zero-order valence-electron chi connectivity index (χ0n) is 13.4. The summed E-state index contributed by atoms with van der Waals surface area (Å²) in [5.41, 5.74) is -1.48. The maximum absolute atomic E-state index is 12.1. The highest BCUT2D eigenvalue weighted by atomic mass is 32.2. The highest BCUT2D eigenvalue weighted by Crippen LogP contribution is 2.39. The summed E-state index contributed by atoms with van der Waals surface area (Å²) >= 11 is 0. The molecule has 1 aliphatic rings. The lowest BCUT2D eigenvalue weighted by Gasteiger charge is -2.04. The molecule has 0 bridgehead atoms. The van der Waals surface area contributed by atoms with Gasteiger partial charge in [0.05, 0.1) is 9.85 Å². The van der Waals surface area contributed by atoms with Gasteiger partial charge in [0.2, 0.25) is 0 Å². The minimum atomic E-state index is -4.90. The molecular formula is C14H8N2O10S2. The summed E-state index contributed by atoms with van der Waals surface area (Å²) in [6.07, 6.45) is 0.933. The van der Waals surface area contributed by atoms with Gasteiger partial charge in [-0.1, -0.05) is 0 Å². The molecular weight excluding hydrogens is 420 g/mol. The lowest BCUT2D eigenvalue weighted by molar-refractivity contribution is -0.385. The lowest BCUT2D eigenvalue weighted by atomic mass is 10.1. The highest BCUT2D eigenvalue weighted by molar-refractivity contribution is 7.87. The Morgan fingerprint density at radius 3 is 2.14 bits per heavy atom. The van der Waals surface area contributed by atoms with E-state index in [1.165, 1.54) is 0 Å². The number of nitro benzene ring substituents is 2. The lowest BCUT2D eigenvalue weighted by Crippen LogP contribution is -2.02. The third-order valence-corrected chi connectivity index (χ3v) is 5.87. The van der Waals surface area contributed by atoms with Gasteiger partial charge < -0.3 is 4.18 Å². The van der Waals surface area contributed by atoms with Crippen LogP contribution >= 0.6 is 0 Å². The van der Waals surface area contributed by atoms with Gasteiger partial charge in [0.1, 0.15) is 9.79 Å². The third kappa shape index (κ3) is 3.42. The fourth-order valence-corrected chi connectivity index (χ4v) is 4.33. The topological polar surface area (TPSA) is 184 Å². The van der Waals surface area contributed by atoms with E-state index in [-0.39, 0.29) is 16.9 Å². The second-order valence-electron chi connectivity index (χ2n) is 5.44. The number of hydrogen-bond donors (Lipinski definition) is 1. The Balaban J connectivity index is 2.22. The van der Waals surface area contributed by atoms with Crippen LogP contribution < -0.4 is 0 Å². The molecule has 3 rings (SSSR count). The smallest absolute Gasteiger partial charge is 0.340 e. The summed E-state index contributed by atoms with van der Waals surface area (Å²) in [7, 11) is -9.29. The van der Waals surface area contributed by atoms with Gasteiger partial charge in [0, 0.05) is 29.8 Å². The largest absolute Gasteiger partial charge is 0.378 e. The summed E-state index contributed by atoms with van der Waals surface area (Å²) < 4.78 is 61.5. The molecule has 0 radical (unpaired) electrons. The molecule has 2 aromatic rings. The van der Waals surface area contributed by atoms with Crippen molar-refractivity contribution in [1.82, 2.24) is 0 Å². The Kier molecular flexibility index (Phi) is 4.41. The molecule has 0 saturated heterocycles. The van der Waals surface area contributed by atoms with Gasteiger partial charge in [-0.2, -0.15) is 16.8 Å². The minimum absolute atomic E-state index is 0.0785. The average Bonchev–Trinajstić information content (AvgIpc) is 2.84. The van der Waals surface area contributed by atoms with Gasteiger partial charge >= 0.3 is 10.1 Å². The van der Waals surface area contributed by atoms with Crippen molar-refractivity contribution in [2.75, 3.05) is 0 Å². The van der Waals surface area contributed by atoms with Gasteiger partial charge in [-0.15, -0.1) is 0 Å². The van der Waals surface area contributed by atoms with E-state index < -0.39 is 51.2 Å². The molecule has 0 saturated carbocycles. The van der Waals surface area contributed by atoms with Crippen molar-refractivity contribution in [1.29, 1.82) is 0 Å². The van der Waals surface area contributed by atoms with Crippen molar-refractivity contribution < 1.29 is 35.4 Å². The van der Waals surface area contributed by atoms with E-state index in [2.05, 4.69) is 0 Å². The molecule has 146 valence electrons. The van der Waals surface area contributed by atoms with Gasteiger partial charge in [-0.05, 0) is 23.8 Å². The number of benzene rings is 2. The molecule has 0 atom stereocenters. The Morgan fingerprint density at radius 1 is 1.00 bits per heavy atom. The van der Waals surface area contributed by atoms with Crippen molar-refractivity contribution in [3.05, 3.63) is 67.8 Å². The molecule has 0 aliphatic carbocycles. The van der Waals surface area contributed by atoms with Crippen LogP contribution in [0.15, 0.2) is 46.2 Å². The maximum Gasteiger partial charge on any atom is 0.340 e. The molecule has 2 aromatic carbocycles. The van der Waals surface area contributed by atoms with Crippen LogP contribution in [-0.2, 0) is 24.4 Å². The van der Waals surface area contributed by atoms with E-state index >= 15 is 0 Å². The maximum atomic E-state index is 12.1. The van der Waals surface area contributed by atoms with Crippen LogP contribution in [0, 0.1) is 20.2 Å². The fraction of sp³-hybridized carbons (Fsp3) is 0. The van der Waals surface area contributed by atoms with E-state index in [0.717, 1.165) is 36.4 Å². The molecule has 28 heavy (non-hydrogen) atoms. The van der Waals surface area contributed by atoms with E-state index in [1.807, 2.05) is 0 Å². The average molecular weight is 428 g/mol. The second kappa shape index (κ2) is 6.36. The van der Waals surface area contributed by atoms with Crippen LogP contribution in [0.4, 0.5) is 11.4 Å². The quantitative estimate of drug-likeness (QED) is 0.327. The van der Waals surface area contributed by atoms with Gasteiger partial charge in [-0.3, -0.25) is 24.8 Å². The summed E-state index contributed by atoms with van der Waals surface area (Å²) in [6.45, 7) is 0. The van der Waals surface area contributed by atoms with Gasteiger partial charge in [-0.25, -0.2) is 0 Å². The van der Waals surface area contributed by atoms with Crippen LogP contribution in [0.2, 0.25) is 0 Å². The Hall–Kier alpha value is -3.36. The van der Waals surface area contributed by atoms with Crippen LogP contribution in [-0.4, -0.2) is 31.2 Å². The first kappa shape index (κ1) is 19.4. The SMILES string of the molecule is O=[N+]([O-])c1ccc(/C=C2\OS(=O)(=O)c3cc([N+](=O)[O-])ccc32)c(S(=O)(=O)O)c1. The van der Waals surface area contributed by atoms with Crippen LogP contribution in [0.3, 0.4) is 0 Å². The first-order chi connectivity index (χ1) is 12.9. The van der Waals surface area contributed by atoms with Crippen molar-refractivity contribution in [3.8, 4) is 0 Å². The van der Waals surface area contributed by atoms with Gasteiger partial charge in [0.15, 0.2) is 5.76 Å². The molecule has 1 N–H and O–H groups in total. The first-order valence-electron chi connectivity index (χ1n) is 7.11. The molecule has 0 spiro atoms. The summed E-state index contributed by atoms with van der Waals surface area (Å²) in [5.74, 6) is -0.372. The monoisotopic (exact) mass is 428 g/mol. The highest BCUT2D eigenvalue weighted by Gasteiger charge is 2.34. The molecule has 1 aliphatic heterocycles. The zero-order valence-corrected chi connectivity index (χ0v) is 15.0. The Morgan fingerprint density at radius 2 is 1.57 bits per heavy atom. The predicted molar refractivity (Wildman–Crippen MR) is 92.1 cm³/mol. The normalized spacial score (nSPS) is 16.4. The van der Waals surface area contributed by atoms with Crippen LogP contribution in [0.5, 0.6) is 0 Å². The van der Waals surface area contributed by atoms with Crippen LogP contribution in [0.25, 0.3) is 11.8 Å². The van der Waals surface area contributed by atoms with Crippen molar-refractivity contribution in [2.45, 2.75) is 9.79 Å². The second-order valence-corrected chi connectivity index (χ2v) is 8.34.